The molecule has 0 amide bonds. The molecule has 7 fully saturated rings. The molecule has 5 saturated carbocycles. The molecule has 0 atom stereocenters. The number of aryl methyl sites for hydroxylation is 1. The Kier molecular flexibility index (Phi) is 8.31. The molecular formula is C34H45NO8S. The number of rotatable bonds is 4. The lowest BCUT2D eigenvalue weighted by molar-refractivity contribution is -0.680. The van der Waals surface area contributed by atoms with Gasteiger partial charge in [0, 0.05) is 36.8 Å². The van der Waals surface area contributed by atoms with Crippen LogP contribution >= 0.6 is 0 Å². The largest absolute Gasteiger partial charge is 0.508 e. The zero-order valence-corrected chi connectivity index (χ0v) is 26.3. The van der Waals surface area contributed by atoms with Crippen LogP contribution in [0.15, 0.2) is 47.4 Å². The number of likely N-dealkylation sites (tertiary alicyclic amines) is 1. The SMILES string of the molecule is Cc1ccc(S(=O)(=O)O)cc1.Oc1ccc(C2CCC3(CC2)OOC2(OO3)C3CC4CC(C3)CC2C4)cc1CN1CCCC1. The molecule has 7 aliphatic rings. The number of benzene rings is 2. The fraction of sp³-hybridized carbons (Fsp3) is 0.647. The minimum Gasteiger partial charge on any atom is -0.508 e. The molecule has 0 radical (unpaired) electrons. The average Bonchev–Trinajstić information content (AvgIpc) is 3.52. The summed E-state index contributed by atoms with van der Waals surface area (Å²) in [6, 6.07) is 12.2. The van der Waals surface area contributed by atoms with E-state index in [9.17, 15) is 13.5 Å². The van der Waals surface area contributed by atoms with Crippen LogP contribution in [0, 0.1) is 30.6 Å². The summed E-state index contributed by atoms with van der Waals surface area (Å²) in [5.74, 6) is 1.93. The maximum atomic E-state index is 10.5. The summed E-state index contributed by atoms with van der Waals surface area (Å²) in [5.41, 5.74) is 3.32. The summed E-state index contributed by atoms with van der Waals surface area (Å²) >= 11 is 0. The van der Waals surface area contributed by atoms with Crippen LogP contribution in [0.2, 0.25) is 0 Å². The van der Waals surface area contributed by atoms with Crippen molar-refractivity contribution in [3.63, 3.8) is 0 Å². The average molecular weight is 628 g/mol. The second-order valence-corrected chi connectivity index (χ2v) is 15.6. The Hall–Kier alpha value is -2.05. The smallest absolute Gasteiger partial charge is 0.294 e. The zero-order chi connectivity index (χ0) is 30.5. The van der Waals surface area contributed by atoms with Gasteiger partial charge in [-0.3, -0.25) is 9.45 Å². The summed E-state index contributed by atoms with van der Waals surface area (Å²) in [5, 5.41) is 10.4. The van der Waals surface area contributed by atoms with Crippen LogP contribution in [0.1, 0.15) is 93.2 Å². The summed E-state index contributed by atoms with van der Waals surface area (Å²) in [4.78, 5) is 27.0. The Bertz CT molecular complexity index is 1390. The molecule has 4 bridgehead atoms. The molecule has 0 unspecified atom stereocenters. The molecule has 9 nitrogen and oxygen atoms in total. The van der Waals surface area contributed by atoms with Crippen LogP contribution < -0.4 is 0 Å². The molecule has 2 saturated heterocycles. The first-order valence-electron chi connectivity index (χ1n) is 16.4. The van der Waals surface area contributed by atoms with E-state index in [1.807, 2.05) is 13.0 Å². The first-order chi connectivity index (χ1) is 21.1. The van der Waals surface area contributed by atoms with Crippen molar-refractivity contribution in [2.24, 2.45) is 23.7 Å². The predicted molar refractivity (Wildman–Crippen MR) is 162 cm³/mol. The number of hydrogen-bond donors (Lipinski definition) is 2. The van der Waals surface area contributed by atoms with E-state index in [-0.39, 0.29) is 4.90 Å². The van der Waals surface area contributed by atoms with Gasteiger partial charge in [0.1, 0.15) is 5.75 Å². The second-order valence-electron chi connectivity index (χ2n) is 14.2. The first-order valence-corrected chi connectivity index (χ1v) is 17.9. The van der Waals surface area contributed by atoms with Gasteiger partial charge >= 0.3 is 0 Å². The standard InChI is InChI=1S/C27H37NO5.C7H8O3S/c29-25-4-3-21(16-22(25)17-28-9-1-2-10-28)20-5-7-26(8-6-20)30-32-27(33-31-26)23-12-18-11-19(14-23)15-24(27)13-18;1-6-2-4-7(5-3-6)11(8,9)10/h3-4,16,18-20,23-24,29H,1-2,5-15,17H2;2-5H,1H3,(H,8,9,10). The highest BCUT2D eigenvalue weighted by atomic mass is 32.2. The highest BCUT2D eigenvalue weighted by Gasteiger charge is 2.64. The minimum atomic E-state index is -4.02. The number of phenolic OH excluding ortho intramolecular Hbond substituents is 1. The van der Waals surface area contributed by atoms with E-state index >= 15 is 0 Å². The molecule has 10 heteroatoms. The van der Waals surface area contributed by atoms with Gasteiger partial charge in [-0.05, 0) is 119 Å². The Morgan fingerprint density at radius 3 is 2.00 bits per heavy atom. The molecule has 2 aromatic carbocycles. The van der Waals surface area contributed by atoms with Crippen molar-refractivity contribution in [3.8, 4) is 5.75 Å². The van der Waals surface area contributed by atoms with Crippen molar-refractivity contribution in [3.05, 3.63) is 59.2 Å². The van der Waals surface area contributed by atoms with Crippen LogP contribution in [-0.2, 0) is 36.2 Å². The van der Waals surface area contributed by atoms with Crippen molar-refractivity contribution in [2.75, 3.05) is 13.1 Å². The third kappa shape index (κ3) is 6.07. The van der Waals surface area contributed by atoms with Crippen LogP contribution in [-0.4, -0.2) is 47.6 Å². The van der Waals surface area contributed by atoms with E-state index in [1.165, 1.54) is 62.6 Å². The topological polar surface area (TPSA) is 115 Å². The molecule has 9 rings (SSSR count). The van der Waals surface area contributed by atoms with Crippen molar-refractivity contribution in [1.29, 1.82) is 0 Å². The normalized spacial score (nSPS) is 36.5. The van der Waals surface area contributed by atoms with Gasteiger partial charge in [-0.25, -0.2) is 0 Å². The van der Waals surface area contributed by atoms with E-state index in [0.717, 1.165) is 68.3 Å². The Labute approximate surface area is 260 Å². The fourth-order valence-electron chi connectivity index (χ4n) is 8.86. The monoisotopic (exact) mass is 627 g/mol. The zero-order valence-electron chi connectivity index (χ0n) is 25.5. The summed E-state index contributed by atoms with van der Waals surface area (Å²) in [6.45, 7) is 4.95. The predicted octanol–water partition coefficient (Wildman–Crippen LogP) is 6.65. The molecule has 0 aromatic heterocycles. The highest BCUT2D eigenvalue weighted by Crippen LogP contribution is 2.62. The van der Waals surface area contributed by atoms with Gasteiger partial charge in [0.05, 0.1) is 4.90 Å². The van der Waals surface area contributed by atoms with Gasteiger partial charge in [-0.2, -0.15) is 28.0 Å². The van der Waals surface area contributed by atoms with E-state index in [4.69, 9.17) is 24.1 Å². The molecule has 2 heterocycles. The minimum absolute atomic E-state index is 0.0666. The van der Waals surface area contributed by atoms with Crippen molar-refractivity contribution >= 4 is 10.1 Å². The first kappa shape index (κ1) is 30.6. The highest BCUT2D eigenvalue weighted by molar-refractivity contribution is 7.85. The molecule has 2 spiro atoms. The quantitative estimate of drug-likeness (QED) is 0.284. The van der Waals surface area contributed by atoms with Crippen molar-refractivity contribution in [2.45, 2.75) is 106 Å². The number of hydrogen-bond acceptors (Lipinski definition) is 8. The van der Waals surface area contributed by atoms with E-state index in [2.05, 4.69) is 17.0 Å². The van der Waals surface area contributed by atoms with Gasteiger partial charge in [-0.1, -0.05) is 29.8 Å². The van der Waals surface area contributed by atoms with Gasteiger partial charge in [0.2, 0.25) is 11.6 Å². The third-order valence-corrected chi connectivity index (χ3v) is 12.0. The number of aromatic hydroxyl groups is 1. The van der Waals surface area contributed by atoms with E-state index in [1.54, 1.807) is 12.1 Å². The van der Waals surface area contributed by atoms with Gasteiger partial charge in [0.25, 0.3) is 10.1 Å². The molecule has 240 valence electrons. The lowest BCUT2D eigenvalue weighted by Crippen LogP contribution is -2.64. The van der Waals surface area contributed by atoms with Crippen molar-refractivity contribution < 1.29 is 37.6 Å². The Morgan fingerprint density at radius 2 is 1.43 bits per heavy atom. The van der Waals surface area contributed by atoms with Crippen molar-refractivity contribution in [1.82, 2.24) is 4.90 Å². The fourth-order valence-corrected chi connectivity index (χ4v) is 9.34. The van der Waals surface area contributed by atoms with E-state index < -0.39 is 21.7 Å². The summed E-state index contributed by atoms with van der Waals surface area (Å²) in [6.07, 6.45) is 12.1. The number of nitrogens with zero attached hydrogens (tertiary/aromatic N) is 1. The Morgan fingerprint density at radius 1 is 0.841 bits per heavy atom. The molecule has 2 aliphatic heterocycles. The third-order valence-electron chi connectivity index (χ3n) is 11.2. The van der Waals surface area contributed by atoms with Crippen LogP contribution in [0.5, 0.6) is 5.75 Å². The molecule has 44 heavy (non-hydrogen) atoms. The molecular weight excluding hydrogens is 582 g/mol. The number of phenols is 1. The lowest BCUT2D eigenvalue weighted by Gasteiger charge is -2.60. The van der Waals surface area contributed by atoms with Gasteiger partial charge in [0.15, 0.2) is 0 Å². The van der Waals surface area contributed by atoms with Crippen LogP contribution in [0.25, 0.3) is 0 Å². The maximum absolute atomic E-state index is 10.5. The molecule has 2 aromatic rings. The summed E-state index contributed by atoms with van der Waals surface area (Å²) in [7, 11) is -4.02. The maximum Gasteiger partial charge on any atom is 0.294 e. The molecule has 5 aliphatic carbocycles. The van der Waals surface area contributed by atoms with Gasteiger partial charge < -0.3 is 5.11 Å². The lowest BCUT2D eigenvalue weighted by atomic mass is 9.53. The summed E-state index contributed by atoms with van der Waals surface area (Å²) < 4.78 is 29.6. The Balaban J connectivity index is 0.000000242. The molecule has 2 N–H and O–H groups in total. The second kappa shape index (κ2) is 12.0. The van der Waals surface area contributed by atoms with Gasteiger partial charge in [-0.15, -0.1) is 0 Å². The van der Waals surface area contributed by atoms with Crippen LogP contribution in [0.4, 0.5) is 0 Å². The van der Waals surface area contributed by atoms with E-state index in [0.29, 0.717) is 23.5 Å². The van der Waals surface area contributed by atoms with Crippen LogP contribution in [0.3, 0.4) is 0 Å².